The number of thiol groups is 2. The molecule has 0 aromatic heterocycles. The van der Waals surface area contributed by atoms with Crippen LogP contribution < -0.4 is 0 Å². The Hall–Kier alpha value is -1.02. The lowest BCUT2D eigenvalue weighted by Crippen LogP contribution is -2.41. The number of nitrogens with zero attached hydrogens (tertiary/aromatic N) is 2. The Morgan fingerprint density at radius 1 is 0.833 bits per heavy atom. The predicted molar refractivity (Wildman–Crippen MR) is 68.2 cm³/mol. The first-order valence-electron chi connectivity index (χ1n) is 5.46. The van der Waals surface area contributed by atoms with Crippen molar-refractivity contribution in [1.29, 1.82) is 0 Å². The fraction of sp³-hybridized carbons (Fsp3) is 0.600. The normalized spacial score (nSPS) is 28.8. The predicted octanol–water partition coefficient (Wildman–Crippen LogP) is -0.899. The number of hydrogen-bond acceptors (Lipinski definition) is 6. The fourth-order valence-corrected chi connectivity index (χ4v) is 2.59. The third-order valence-electron chi connectivity index (χ3n) is 2.99. The van der Waals surface area contributed by atoms with Crippen molar-refractivity contribution in [2.24, 2.45) is 0 Å². The highest BCUT2D eigenvalue weighted by Gasteiger charge is 2.39. The molecule has 98 valence electrons. The van der Waals surface area contributed by atoms with Crippen LogP contribution in [-0.4, -0.2) is 57.0 Å². The van der Waals surface area contributed by atoms with Gasteiger partial charge in [0.25, 0.3) is 0 Å². The minimum absolute atomic E-state index is 0.0344. The Balaban J connectivity index is 1.96. The zero-order chi connectivity index (χ0) is 13.4. The number of carbonyl (C=O) groups is 4. The maximum absolute atomic E-state index is 11.6. The zero-order valence-electron chi connectivity index (χ0n) is 9.40. The smallest absolute Gasteiger partial charge is 0.242 e. The van der Waals surface area contributed by atoms with Gasteiger partial charge in [0.15, 0.2) is 0 Å². The maximum Gasteiger partial charge on any atom is 0.242 e. The SMILES string of the molecule is O=C1C[C@@H](S)C(=O)N1CCN1C(=O)C[C@H](S)C1=O. The molecule has 8 heteroatoms. The summed E-state index contributed by atoms with van der Waals surface area (Å²) in [6, 6.07) is 0. The van der Waals surface area contributed by atoms with E-state index in [0.717, 1.165) is 9.80 Å². The van der Waals surface area contributed by atoms with Crippen molar-refractivity contribution >= 4 is 48.9 Å². The lowest BCUT2D eigenvalue weighted by Gasteiger charge is -2.19. The van der Waals surface area contributed by atoms with E-state index < -0.39 is 10.5 Å². The molecule has 4 amide bonds. The standard InChI is InChI=1S/C10H12N2O4S2/c13-7-3-5(17)9(15)11(7)1-2-12-8(14)4-6(18)10(12)16/h5-6,17-18H,1-4H2/t5-,6+. The summed E-state index contributed by atoms with van der Waals surface area (Å²) < 4.78 is 0. The van der Waals surface area contributed by atoms with Crippen molar-refractivity contribution in [1.82, 2.24) is 9.80 Å². The lowest BCUT2D eigenvalue weighted by molar-refractivity contribution is -0.143. The molecule has 0 N–H and O–H groups in total. The van der Waals surface area contributed by atoms with Gasteiger partial charge in [-0.3, -0.25) is 29.0 Å². The molecule has 0 bridgehead atoms. The van der Waals surface area contributed by atoms with E-state index in [9.17, 15) is 19.2 Å². The molecule has 0 aromatic rings. The Labute approximate surface area is 114 Å². The molecule has 0 saturated carbocycles. The maximum atomic E-state index is 11.6. The van der Waals surface area contributed by atoms with Crippen LogP contribution in [0.2, 0.25) is 0 Å². The second kappa shape index (κ2) is 4.93. The summed E-state index contributed by atoms with van der Waals surface area (Å²) in [5.74, 6) is -1.38. The Morgan fingerprint density at radius 2 is 1.17 bits per heavy atom. The van der Waals surface area contributed by atoms with Crippen LogP contribution in [0.25, 0.3) is 0 Å². The first-order chi connectivity index (χ1) is 8.41. The van der Waals surface area contributed by atoms with Gasteiger partial charge in [-0.05, 0) is 0 Å². The third-order valence-corrected chi connectivity index (χ3v) is 3.79. The number of rotatable bonds is 3. The topological polar surface area (TPSA) is 74.8 Å². The summed E-state index contributed by atoms with van der Waals surface area (Å²) in [4.78, 5) is 48.2. The van der Waals surface area contributed by atoms with Crippen LogP contribution in [0.3, 0.4) is 0 Å². The molecule has 2 aliphatic rings. The lowest BCUT2D eigenvalue weighted by atomic mass is 10.4. The van der Waals surface area contributed by atoms with Crippen LogP contribution in [0.5, 0.6) is 0 Å². The van der Waals surface area contributed by atoms with Crippen molar-refractivity contribution < 1.29 is 19.2 Å². The van der Waals surface area contributed by atoms with E-state index in [-0.39, 0.29) is 49.6 Å². The summed E-state index contributed by atoms with van der Waals surface area (Å²) in [5, 5.41) is -1.22. The van der Waals surface area contributed by atoms with Gasteiger partial charge in [0, 0.05) is 25.9 Å². The highest BCUT2D eigenvalue weighted by molar-refractivity contribution is 7.82. The van der Waals surface area contributed by atoms with E-state index >= 15 is 0 Å². The van der Waals surface area contributed by atoms with Gasteiger partial charge in [0.2, 0.25) is 23.6 Å². The van der Waals surface area contributed by atoms with Crippen molar-refractivity contribution in [2.75, 3.05) is 13.1 Å². The van der Waals surface area contributed by atoms with Crippen molar-refractivity contribution in [3.05, 3.63) is 0 Å². The average Bonchev–Trinajstić information content (AvgIpc) is 2.67. The van der Waals surface area contributed by atoms with E-state index in [0.29, 0.717) is 0 Å². The molecule has 2 aliphatic heterocycles. The highest BCUT2D eigenvalue weighted by atomic mass is 32.1. The number of likely N-dealkylation sites (tertiary alicyclic amines) is 2. The van der Waals surface area contributed by atoms with Crippen LogP contribution >= 0.6 is 25.3 Å². The first-order valence-corrected chi connectivity index (χ1v) is 6.49. The van der Waals surface area contributed by atoms with Crippen LogP contribution in [0, 0.1) is 0 Å². The number of imide groups is 2. The van der Waals surface area contributed by atoms with Crippen molar-refractivity contribution in [3.8, 4) is 0 Å². The van der Waals surface area contributed by atoms with Gasteiger partial charge in [-0.2, -0.15) is 25.3 Å². The van der Waals surface area contributed by atoms with Gasteiger partial charge >= 0.3 is 0 Å². The molecule has 0 aliphatic carbocycles. The molecule has 0 spiro atoms. The molecule has 6 nitrogen and oxygen atoms in total. The van der Waals surface area contributed by atoms with Crippen LogP contribution in [-0.2, 0) is 19.2 Å². The quantitative estimate of drug-likeness (QED) is 0.521. The number of carbonyl (C=O) groups excluding carboxylic acids is 4. The first kappa shape index (κ1) is 13.4. The molecule has 0 radical (unpaired) electrons. The van der Waals surface area contributed by atoms with Gasteiger partial charge in [-0.25, -0.2) is 0 Å². The molecular formula is C10H12N2O4S2. The van der Waals surface area contributed by atoms with Gasteiger partial charge in [0.1, 0.15) is 0 Å². The molecule has 18 heavy (non-hydrogen) atoms. The Morgan fingerprint density at radius 3 is 1.39 bits per heavy atom. The van der Waals surface area contributed by atoms with Crippen LogP contribution in [0.4, 0.5) is 0 Å². The molecule has 2 rings (SSSR count). The largest absolute Gasteiger partial charge is 0.280 e. The van der Waals surface area contributed by atoms with E-state index in [1.807, 2.05) is 0 Å². The highest BCUT2D eigenvalue weighted by Crippen LogP contribution is 2.20. The molecule has 0 aromatic carbocycles. The second-order valence-electron chi connectivity index (χ2n) is 4.21. The number of hydrogen-bond donors (Lipinski definition) is 2. The van der Waals surface area contributed by atoms with Gasteiger partial charge in [-0.1, -0.05) is 0 Å². The van der Waals surface area contributed by atoms with Crippen molar-refractivity contribution in [2.45, 2.75) is 23.3 Å². The van der Waals surface area contributed by atoms with E-state index in [2.05, 4.69) is 25.3 Å². The molecular weight excluding hydrogens is 276 g/mol. The summed E-state index contributed by atoms with van der Waals surface area (Å²) in [5.41, 5.74) is 0. The van der Waals surface area contributed by atoms with Gasteiger partial charge < -0.3 is 0 Å². The summed E-state index contributed by atoms with van der Waals surface area (Å²) in [7, 11) is 0. The summed E-state index contributed by atoms with van der Waals surface area (Å²) >= 11 is 7.97. The van der Waals surface area contributed by atoms with E-state index in [4.69, 9.17) is 0 Å². The van der Waals surface area contributed by atoms with Crippen LogP contribution in [0.1, 0.15) is 12.8 Å². The fourth-order valence-electron chi connectivity index (χ4n) is 2.00. The minimum Gasteiger partial charge on any atom is -0.280 e. The molecule has 2 saturated heterocycles. The average molecular weight is 288 g/mol. The molecule has 2 fully saturated rings. The van der Waals surface area contributed by atoms with Gasteiger partial charge in [-0.15, -0.1) is 0 Å². The summed E-state index contributed by atoms with van der Waals surface area (Å²) in [6.45, 7) is 0.0689. The minimum atomic E-state index is -0.611. The number of amides is 4. The second-order valence-corrected chi connectivity index (χ2v) is 5.45. The monoisotopic (exact) mass is 288 g/mol. The zero-order valence-corrected chi connectivity index (χ0v) is 11.2. The van der Waals surface area contributed by atoms with E-state index in [1.165, 1.54) is 0 Å². The van der Waals surface area contributed by atoms with Gasteiger partial charge in [0.05, 0.1) is 10.5 Å². The summed E-state index contributed by atoms with van der Waals surface area (Å²) in [6.07, 6.45) is 0.137. The molecule has 2 atom stereocenters. The Bertz CT molecular complexity index is 400. The Kier molecular flexibility index (Phi) is 3.67. The van der Waals surface area contributed by atoms with Crippen molar-refractivity contribution in [3.63, 3.8) is 0 Å². The molecule has 0 unspecified atom stereocenters. The third kappa shape index (κ3) is 2.26. The molecule has 2 heterocycles. The van der Waals surface area contributed by atoms with Crippen LogP contribution in [0.15, 0.2) is 0 Å². The van der Waals surface area contributed by atoms with E-state index in [1.54, 1.807) is 0 Å².